The molecule has 3 aromatic carbocycles. The van der Waals surface area contributed by atoms with E-state index in [1.807, 2.05) is 47.4 Å². The summed E-state index contributed by atoms with van der Waals surface area (Å²) < 4.78 is 11.3. The van der Waals surface area contributed by atoms with Gasteiger partial charge in [0.1, 0.15) is 5.52 Å². The summed E-state index contributed by atoms with van der Waals surface area (Å²) in [6.07, 6.45) is 0. The van der Waals surface area contributed by atoms with Crippen LogP contribution in [0.25, 0.3) is 33.7 Å². The summed E-state index contributed by atoms with van der Waals surface area (Å²) in [5, 5.41) is 0. The van der Waals surface area contributed by atoms with Crippen LogP contribution in [0.1, 0.15) is 10.4 Å². The number of amides is 1. The van der Waals surface area contributed by atoms with E-state index in [2.05, 4.69) is 29.2 Å². The Morgan fingerprint density at radius 3 is 2.28 bits per heavy atom. The Hall–Kier alpha value is -3.44. The lowest BCUT2D eigenvalue weighted by molar-refractivity contribution is 0.0303. The number of aromatic nitrogens is 1. The largest absolute Gasteiger partial charge is 0.436 e. The van der Waals surface area contributed by atoms with E-state index in [-0.39, 0.29) is 5.91 Å². The van der Waals surface area contributed by atoms with E-state index in [0.29, 0.717) is 43.3 Å². The molecule has 0 aliphatic carbocycles. The average molecular weight is 384 g/mol. The van der Waals surface area contributed by atoms with Crippen molar-refractivity contribution in [3.05, 3.63) is 78.4 Å². The highest BCUT2D eigenvalue weighted by atomic mass is 16.5. The number of benzene rings is 3. The zero-order chi connectivity index (χ0) is 19.6. The lowest BCUT2D eigenvalue weighted by atomic mass is 10.0. The third-order valence-electron chi connectivity index (χ3n) is 5.17. The van der Waals surface area contributed by atoms with Crippen molar-refractivity contribution in [2.24, 2.45) is 0 Å². The van der Waals surface area contributed by atoms with Gasteiger partial charge in [-0.3, -0.25) is 4.79 Å². The lowest BCUT2D eigenvalue weighted by Gasteiger charge is -2.26. The molecule has 2 heterocycles. The zero-order valence-electron chi connectivity index (χ0n) is 15.9. The SMILES string of the molecule is O=C(c1ccc2nc(-c3ccc(-c4ccccc4)cc3)oc2c1)N1CCOCC1. The van der Waals surface area contributed by atoms with Crippen LogP contribution in [0.2, 0.25) is 0 Å². The molecule has 0 N–H and O–H groups in total. The molecule has 1 aliphatic heterocycles. The minimum absolute atomic E-state index is 0.000337. The van der Waals surface area contributed by atoms with Crippen LogP contribution in [-0.4, -0.2) is 42.1 Å². The van der Waals surface area contributed by atoms with Crippen LogP contribution in [0.5, 0.6) is 0 Å². The molecule has 0 saturated carbocycles. The third-order valence-corrected chi connectivity index (χ3v) is 5.17. The van der Waals surface area contributed by atoms with E-state index in [1.54, 1.807) is 6.07 Å². The van der Waals surface area contributed by atoms with Gasteiger partial charge >= 0.3 is 0 Å². The quantitative estimate of drug-likeness (QED) is 0.517. The van der Waals surface area contributed by atoms with Crippen molar-refractivity contribution in [1.82, 2.24) is 9.88 Å². The molecule has 1 saturated heterocycles. The molecule has 29 heavy (non-hydrogen) atoms. The Labute approximate surface area is 168 Å². The van der Waals surface area contributed by atoms with Gasteiger partial charge in [-0.25, -0.2) is 4.98 Å². The Kier molecular flexibility index (Phi) is 4.58. The van der Waals surface area contributed by atoms with E-state index < -0.39 is 0 Å². The van der Waals surface area contributed by atoms with Crippen LogP contribution in [-0.2, 0) is 4.74 Å². The predicted octanol–water partition coefficient (Wildman–Crippen LogP) is 4.63. The third kappa shape index (κ3) is 3.52. The molecule has 1 fully saturated rings. The van der Waals surface area contributed by atoms with Crippen LogP contribution >= 0.6 is 0 Å². The van der Waals surface area contributed by atoms with Crippen LogP contribution in [0.4, 0.5) is 0 Å². The average Bonchev–Trinajstić information content (AvgIpc) is 3.23. The molecule has 0 bridgehead atoms. The summed E-state index contributed by atoms with van der Waals surface area (Å²) in [6.45, 7) is 2.40. The first-order chi connectivity index (χ1) is 14.3. The highest BCUT2D eigenvalue weighted by Gasteiger charge is 2.19. The van der Waals surface area contributed by atoms with Crippen molar-refractivity contribution in [1.29, 1.82) is 0 Å². The summed E-state index contributed by atoms with van der Waals surface area (Å²) in [5.74, 6) is 0.552. The number of fused-ring (bicyclic) bond motifs is 1. The number of carbonyl (C=O) groups is 1. The molecule has 1 amide bonds. The smallest absolute Gasteiger partial charge is 0.254 e. The predicted molar refractivity (Wildman–Crippen MR) is 112 cm³/mol. The fourth-order valence-corrected chi connectivity index (χ4v) is 3.57. The molecule has 0 atom stereocenters. The Morgan fingerprint density at radius 1 is 0.828 bits per heavy atom. The van der Waals surface area contributed by atoms with Crippen molar-refractivity contribution >= 4 is 17.0 Å². The van der Waals surface area contributed by atoms with Gasteiger partial charge < -0.3 is 14.1 Å². The summed E-state index contributed by atoms with van der Waals surface area (Å²) >= 11 is 0. The molecule has 0 spiro atoms. The molecule has 5 heteroatoms. The van der Waals surface area contributed by atoms with Gasteiger partial charge in [0.25, 0.3) is 5.91 Å². The van der Waals surface area contributed by atoms with Crippen molar-refractivity contribution in [3.8, 4) is 22.6 Å². The molecule has 0 radical (unpaired) electrons. The van der Waals surface area contributed by atoms with E-state index in [0.717, 1.165) is 16.6 Å². The number of nitrogens with zero attached hydrogens (tertiary/aromatic N) is 2. The van der Waals surface area contributed by atoms with Gasteiger partial charge in [-0.1, -0.05) is 42.5 Å². The van der Waals surface area contributed by atoms with Crippen molar-refractivity contribution in [2.45, 2.75) is 0 Å². The van der Waals surface area contributed by atoms with Gasteiger partial charge in [0.15, 0.2) is 5.58 Å². The second-order valence-electron chi connectivity index (χ2n) is 7.05. The molecule has 5 rings (SSSR count). The molecule has 4 aromatic rings. The number of carbonyl (C=O) groups excluding carboxylic acids is 1. The highest BCUT2D eigenvalue weighted by molar-refractivity contribution is 5.97. The first kappa shape index (κ1) is 17.6. The Balaban J connectivity index is 1.42. The zero-order valence-corrected chi connectivity index (χ0v) is 15.9. The fourth-order valence-electron chi connectivity index (χ4n) is 3.57. The number of morpholine rings is 1. The second-order valence-corrected chi connectivity index (χ2v) is 7.05. The number of ether oxygens (including phenoxy) is 1. The number of hydrogen-bond donors (Lipinski definition) is 0. The van der Waals surface area contributed by atoms with Crippen LogP contribution < -0.4 is 0 Å². The van der Waals surface area contributed by atoms with Crippen LogP contribution in [0, 0.1) is 0 Å². The van der Waals surface area contributed by atoms with Gasteiger partial charge in [-0.05, 0) is 41.5 Å². The van der Waals surface area contributed by atoms with E-state index >= 15 is 0 Å². The van der Waals surface area contributed by atoms with Crippen LogP contribution in [0.15, 0.2) is 77.2 Å². The summed E-state index contributed by atoms with van der Waals surface area (Å²) in [6, 6.07) is 23.8. The molecular weight excluding hydrogens is 364 g/mol. The summed E-state index contributed by atoms with van der Waals surface area (Å²) in [5.41, 5.74) is 5.19. The van der Waals surface area contributed by atoms with E-state index in [9.17, 15) is 4.79 Å². The van der Waals surface area contributed by atoms with E-state index in [4.69, 9.17) is 9.15 Å². The Bertz CT molecular complexity index is 1140. The van der Waals surface area contributed by atoms with Gasteiger partial charge in [0.2, 0.25) is 5.89 Å². The molecular formula is C24H20N2O3. The minimum atomic E-state index is 0.000337. The van der Waals surface area contributed by atoms with Crippen molar-refractivity contribution in [2.75, 3.05) is 26.3 Å². The molecule has 144 valence electrons. The molecule has 0 unspecified atom stereocenters. The lowest BCUT2D eigenvalue weighted by Crippen LogP contribution is -2.40. The maximum absolute atomic E-state index is 12.7. The normalized spacial score (nSPS) is 14.3. The van der Waals surface area contributed by atoms with Crippen molar-refractivity contribution < 1.29 is 13.9 Å². The molecule has 5 nitrogen and oxygen atoms in total. The first-order valence-corrected chi connectivity index (χ1v) is 9.71. The monoisotopic (exact) mass is 384 g/mol. The number of hydrogen-bond acceptors (Lipinski definition) is 4. The van der Waals surface area contributed by atoms with Gasteiger partial charge in [-0.15, -0.1) is 0 Å². The van der Waals surface area contributed by atoms with Crippen LogP contribution in [0.3, 0.4) is 0 Å². The minimum Gasteiger partial charge on any atom is -0.436 e. The molecule has 1 aliphatic rings. The standard InChI is InChI=1S/C24H20N2O3/c27-24(26-12-14-28-15-13-26)20-10-11-21-22(16-20)29-23(25-21)19-8-6-18(7-9-19)17-4-2-1-3-5-17/h1-11,16H,12-15H2. The maximum atomic E-state index is 12.7. The number of oxazole rings is 1. The number of rotatable bonds is 3. The fraction of sp³-hybridized carbons (Fsp3) is 0.167. The van der Waals surface area contributed by atoms with Gasteiger partial charge in [0, 0.05) is 24.2 Å². The maximum Gasteiger partial charge on any atom is 0.254 e. The summed E-state index contributed by atoms with van der Waals surface area (Å²) in [7, 11) is 0. The first-order valence-electron chi connectivity index (χ1n) is 9.71. The summed E-state index contributed by atoms with van der Waals surface area (Å²) in [4.78, 5) is 19.1. The van der Waals surface area contributed by atoms with E-state index in [1.165, 1.54) is 5.56 Å². The second kappa shape index (κ2) is 7.53. The highest BCUT2D eigenvalue weighted by Crippen LogP contribution is 2.28. The van der Waals surface area contributed by atoms with Gasteiger partial charge in [0.05, 0.1) is 13.2 Å². The topological polar surface area (TPSA) is 55.6 Å². The van der Waals surface area contributed by atoms with Gasteiger partial charge in [-0.2, -0.15) is 0 Å². The molecule has 1 aromatic heterocycles. The van der Waals surface area contributed by atoms with Crippen molar-refractivity contribution in [3.63, 3.8) is 0 Å². The Morgan fingerprint density at radius 2 is 1.52 bits per heavy atom.